The molecule has 21 heavy (non-hydrogen) atoms. The van der Waals surface area contributed by atoms with Gasteiger partial charge in [0, 0.05) is 16.6 Å². The number of rotatable bonds is 6. The number of benzene rings is 1. The molecule has 0 fully saturated rings. The van der Waals surface area contributed by atoms with E-state index in [0.29, 0.717) is 10.9 Å². The Labute approximate surface area is 144 Å². The minimum atomic E-state index is -3.87. The molecule has 8 heteroatoms. The molecule has 3 N–H and O–H groups in total. The van der Waals surface area contributed by atoms with Crippen molar-refractivity contribution < 1.29 is 8.42 Å². The van der Waals surface area contributed by atoms with Crippen LogP contribution in [0.1, 0.15) is 27.2 Å². The second-order valence-corrected chi connectivity index (χ2v) is 9.02. The zero-order chi connectivity index (χ0) is 16.4. The van der Waals surface area contributed by atoms with Crippen molar-refractivity contribution in [2.24, 2.45) is 11.7 Å². The molecule has 1 aromatic rings. The van der Waals surface area contributed by atoms with Crippen LogP contribution in [0.5, 0.6) is 0 Å². The van der Waals surface area contributed by atoms with Crippen LogP contribution < -0.4 is 10.5 Å². The summed E-state index contributed by atoms with van der Waals surface area (Å²) in [7, 11) is -3.87. The Bertz CT molecular complexity index is 600. The molecule has 0 aromatic heterocycles. The maximum atomic E-state index is 12.6. The third-order valence-electron chi connectivity index (χ3n) is 2.92. The summed E-state index contributed by atoms with van der Waals surface area (Å²) in [4.78, 5) is -0.127. The molecular weight excluding hydrogens is 399 g/mol. The van der Waals surface area contributed by atoms with Crippen LogP contribution >= 0.6 is 39.1 Å². The molecule has 1 rings (SSSR count). The highest BCUT2D eigenvalue weighted by Crippen LogP contribution is 2.33. The van der Waals surface area contributed by atoms with Gasteiger partial charge in [0.1, 0.15) is 4.90 Å². The molecule has 4 nitrogen and oxygen atoms in total. The van der Waals surface area contributed by atoms with E-state index in [1.807, 2.05) is 13.8 Å². The van der Waals surface area contributed by atoms with E-state index < -0.39 is 15.6 Å². The largest absolute Gasteiger partial charge is 0.329 e. The van der Waals surface area contributed by atoms with Crippen molar-refractivity contribution in [2.45, 2.75) is 37.6 Å². The van der Waals surface area contributed by atoms with Crippen LogP contribution in [0.25, 0.3) is 0 Å². The van der Waals surface area contributed by atoms with E-state index in [2.05, 4.69) is 20.7 Å². The highest BCUT2D eigenvalue weighted by atomic mass is 79.9. The fraction of sp³-hybridized carbons (Fsp3) is 0.538. The van der Waals surface area contributed by atoms with Gasteiger partial charge >= 0.3 is 0 Å². The van der Waals surface area contributed by atoms with Crippen LogP contribution in [0.2, 0.25) is 10.0 Å². The fourth-order valence-corrected chi connectivity index (χ4v) is 5.60. The first-order chi connectivity index (χ1) is 9.50. The SMILES string of the molecule is CC(C)CC(C)(CN)NS(=O)(=O)c1c(Cl)cc(Br)cc1Cl. The second-order valence-electron chi connectivity index (χ2n) is 5.67. The van der Waals surface area contributed by atoms with Crippen LogP contribution in [-0.2, 0) is 10.0 Å². The van der Waals surface area contributed by atoms with Crippen molar-refractivity contribution in [1.82, 2.24) is 4.72 Å². The van der Waals surface area contributed by atoms with Gasteiger partial charge in [-0.05, 0) is 31.4 Å². The van der Waals surface area contributed by atoms with Gasteiger partial charge in [-0.1, -0.05) is 53.0 Å². The van der Waals surface area contributed by atoms with Crippen molar-refractivity contribution in [2.75, 3.05) is 6.54 Å². The van der Waals surface area contributed by atoms with Gasteiger partial charge in [0.25, 0.3) is 0 Å². The summed E-state index contributed by atoms with van der Waals surface area (Å²) in [6, 6.07) is 2.98. The lowest BCUT2D eigenvalue weighted by atomic mass is 9.92. The number of sulfonamides is 1. The molecule has 1 aromatic carbocycles. The van der Waals surface area contributed by atoms with E-state index in [0.717, 1.165) is 0 Å². The minimum absolute atomic E-state index is 0.0609. The molecular formula is C13H19BrCl2N2O2S. The molecule has 0 radical (unpaired) electrons. The Kier molecular flexibility index (Phi) is 6.54. The number of hydrogen-bond acceptors (Lipinski definition) is 3. The lowest BCUT2D eigenvalue weighted by Gasteiger charge is -2.31. The molecule has 0 heterocycles. The third-order valence-corrected chi connectivity index (χ3v) is 5.94. The number of nitrogens with one attached hydrogen (secondary N) is 1. The van der Waals surface area contributed by atoms with Gasteiger partial charge < -0.3 is 5.73 Å². The zero-order valence-corrected chi connectivity index (χ0v) is 16.0. The Morgan fingerprint density at radius 1 is 1.33 bits per heavy atom. The van der Waals surface area contributed by atoms with Gasteiger partial charge in [0.2, 0.25) is 10.0 Å². The number of halogens is 3. The molecule has 0 amide bonds. The fourth-order valence-electron chi connectivity index (χ4n) is 2.23. The Morgan fingerprint density at radius 3 is 2.19 bits per heavy atom. The normalized spacial score (nSPS) is 15.2. The van der Waals surface area contributed by atoms with E-state index in [4.69, 9.17) is 28.9 Å². The topological polar surface area (TPSA) is 72.2 Å². The van der Waals surface area contributed by atoms with Crippen molar-refractivity contribution in [1.29, 1.82) is 0 Å². The van der Waals surface area contributed by atoms with Crippen molar-refractivity contribution >= 4 is 49.2 Å². The molecule has 1 unspecified atom stereocenters. The third kappa shape index (κ3) is 5.08. The van der Waals surface area contributed by atoms with Crippen LogP contribution in [0.15, 0.2) is 21.5 Å². The van der Waals surface area contributed by atoms with Crippen LogP contribution in [0, 0.1) is 5.92 Å². The Balaban J connectivity index is 3.24. The van der Waals surface area contributed by atoms with Crippen LogP contribution in [0.4, 0.5) is 0 Å². The molecule has 0 aliphatic carbocycles. The van der Waals surface area contributed by atoms with Crippen molar-refractivity contribution in [3.05, 3.63) is 26.7 Å². The quantitative estimate of drug-likeness (QED) is 0.739. The predicted octanol–water partition coefficient (Wildman–Crippen LogP) is 3.80. The molecule has 0 aliphatic heterocycles. The average Bonchev–Trinajstić information content (AvgIpc) is 2.24. The molecule has 0 saturated heterocycles. The summed E-state index contributed by atoms with van der Waals surface area (Å²) in [5.74, 6) is 0.289. The van der Waals surface area contributed by atoms with E-state index in [1.54, 1.807) is 6.92 Å². The molecule has 0 saturated carbocycles. The number of nitrogens with two attached hydrogens (primary N) is 1. The Hall–Kier alpha value is 0.150. The van der Waals surface area contributed by atoms with E-state index in [1.165, 1.54) is 12.1 Å². The van der Waals surface area contributed by atoms with Crippen LogP contribution in [0.3, 0.4) is 0 Å². The average molecular weight is 418 g/mol. The van der Waals surface area contributed by atoms with Gasteiger partial charge in [0.05, 0.1) is 10.0 Å². The van der Waals surface area contributed by atoms with E-state index in [9.17, 15) is 8.42 Å². The predicted molar refractivity (Wildman–Crippen MR) is 91.4 cm³/mol. The lowest BCUT2D eigenvalue weighted by Crippen LogP contribution is -2.52. The van der Waals surface area contributed by atoms with Gasteiger partial charge in [-0.2, -0.15) is 0 Å². The van der Waals surface area contributed by atoms with Crippen molar-refractivity contribution in [3.63, 3.8) is 0 Å². The van der Waals surface area contributed by atoms with Gasteiger partial charge in [0.15, 0.2) is 0 Å². The molecule has 0 bridgehead atoms. The van der Waals surface area contributed by atoms with Gasteiger partial charge in [-0.15, -0.1) is 0 Å². The highest BCUT2D eigenvalue weighted by molar-refractivity contribution is 9.10. The first-order valence-electron chi connectivity index (χ1n) is 6.39. The monoisotopic (exact) mass is 416 g/mol. The van der Waals surface area contributed by atoms with Crippen LogP contribution in [-0.4, -0.2) is 20.5 Å². The standard InChI is InChI=1S/C13H19BrCl2N2O2S/c1-8(2)6-13(3,7-17)18-21(19,20)12-10(15)4-9(14)5-11(12)16/h4-5,8,18H,6-7,17H2,1-3H3. The van der Waals surface area contributed by atoms with E-state index in [-0.39, 0.29) is 27.4 Å². The molecule has 120 valence electrons. The van der Waals surface area contributed by atoms with E-state index >= 15 is 0 Å². The maximum absolute atomic E-state index is 12.6. The number of hydrogen-bond donors (Lipinski definition) is 2. The summed E-state index contributed by atoms with van der Waals surface area (Å²) in [6.07, 6.45) is 0.606. The first-order valence-corrected chi connectivity index (χ1v) is 9.42. The van der Waals surface area contributed by atoms with Crippen molar-refractivity contribution in [3.8, 4) is 0 Å². The Morgan fingerprint density at radius 2 is 1.81 bits per heavy atom. The summed E-state index contributed by atoms with van der Waals surface area (Å²) in [5, 5.41) is 0.122. The smallest absolute Gasteiger partial charge is 0.244 e. The summed E-state index contributed by atoms with van der Waals surface area (Å²) >= 11 is 15.3. The molecule has 1 atom stereocenters. The summed E-state index contributed by atoms with van der Waals surface area (Å²) in [6.45, 7) is 5.95. The lowest BCUT2D eigenvalue weighted by molar-refractivity contribution is 0.344. The molecule has 0 spiro atoms. The molecule has 0 aliphatic rings. The first kappa shape index (κ1) is 19.2. The summed E-state index contributed by atoms with van der Waals surface area (Å²) < 4.78 is 28.4. The van der Waals surface area contributed by atoms with Gasteiger partial charge in [-0.25, -0.2) is 13.1 Å². The summed E-state index contributed by atoms with van der Waals surface area (Å²) in [5.41, 5.74) is 4.98. The maximum Gasteiger partial charge on any atom is 0.244 e. The highest BCUT2D eigenvalue weighted by Gasteiger charge is 2.32. The minimum Gasteiger partial charge on any atom is -0.329 e. The van der Waals surface area contributed by atoms with Gasteiger partial charge in [-0.3, -0.25) is 0 Å². The zero-order valence-electron chi connectivity index (χ0n) is 12.1. The second kappa shape index (κ2) is 7.15.